The first-order valence-electron chi connectivity index (χ1n) is 5.26. The van der Waals surface area contributed by atoms with Crippen molar-refractivity contribution in [3.05, 3.63) is 23.8 Å². The van der Waals surface area contributed by atoms with Crippen LogP contribution in [-0.2, 0) is 16.0 Å². The van der Waals surface area contributed by atoms with Gasteiger partial charge in [-0.3, -0.25) is 9.59 Å². The lowest BCUT2D eigenvalue weighted by molar-refractivity contribution is -0.137. The highest BCUT2D eigenvalue weighted by Crippen LogP contribution is 2.24. The number of ether oxygens (including phenoxy) is 2. The second kappa shape index (κ2) is 6.48. The highest BCUT2D eigenvalue weighted by atomic mass is 16.5. The molecular formula is C12H15NO5. The number of benzene rings is 1. The van der Waals surface area contributed by atoms with Gasteiger partial charge in [-0.1, -0.05) is 0 Å². The van der Waals surface area contributed by atoms with Crippen LogP contribution in [0.25, 0.3) is 0 Å². The fraction of sp³-hybridized carbons (Fsp3) is 0.333. The van der Waals surface area contributed by atoms with Crippen molar-refractivity contribution in [2.24, 2.45) is 0 Å². The van der Waals surface area contributed by atoms with Crippen LogP contribution in [0.3, 0.4) is 0 Å². The van der Waals surface area contributed by atoms with Gasteiger partial charge < -0.3 is 19.9 Å². The minimum atomic E-state index is -1.08. The van der Waals surface area contributed by atoms with Crippen LogP contribution in [0.4, 0.5) is 0 Å². The lowest BCUT2D eigenvalue weighted by Crippen LogP contribution is -2.30. The first-order valence-corrected chi connectivity index (χ1v) is 5.26. The summed E-state index contributed by atoms with van der Waals surface area (Å²) in [5.74, 6) is -0.303. The molecule has 0 radical (unpaired) electrons. The van der Waals surface area contributed by atoms with Crippen molar-refractivity contribution in [3.63, 3.8) is 0 Å². The van der Waals surface area contributed by atoms with Crippen molar-refractivity contribution >= 4 is 11.9 Å². The molecule has 98 valence electrons. The van der Waals surface area contributed by atoms with E-state index in [1.54, 1.807) is 18.2 Å². The van der Waals surface area contributed by atoms with Crippen LogP contribution in [0.15, 0.2) is 18.2 Å². The molecule has 0 atom stereocenters. The van der Waals surface area contributed by atoms with E-state index in [2.05, 4.69) is 5.32 Å². The third-order valence-corrected chi connectivity index (χ3v) is 2.28. The van der Waals surface area contributed by atoms with Crippen LogP contribution in [0, 0.1) is 0 Å². The van der Waals surface area contributed by atoms with E-state index in [0.717, 1.165) is 0 Å². The average Bonchev–Trinajstić information content (AvgIpc) is 2.36. The van der Waals surface area contributed by atoms with Crippen molar-refractivity contribution < 1.29 is 24.2 Å². The zero-order chi connectivity index (χ0) is 13.5. The van der Waals surface area contributed by atoms with E-state index in [0.29, 0.717) is 17.1 Å². The Labute approximate surface area is 105 Å². The topological polar surface area (TPSA) is 84.9 Å². The Bertz CT molecular complexity index is 444. The molecular weight excluding hydrogens is 238 g/mol. The van der Waals surface area contributed by atoms with E-state index in [9.17, 15) is 9.59 Å². The number of carboxylic acid groups (broad SMARTS) is 1. The van der Waals surface area contributed by atoms with Crippen molar-refractivity contribution in [2.75, 3.05) is 20.8 Å². The third-order valence-electron chi connectivity index (χ3n) is 2.28. The number of aliphatic carboxylic acids is 1. The molecule has 0 aliphatic heterocycles. The molecule has 0 fully saturated rings. The van der Waals surface area contributed by atoms with E-state index in [4.69, 9.17) is 14.6 Å². The fourth-order valence-electron chi connectivity index (χ4n) is 1.43. The smallest absolute Gasteiger partial charge is 0.322 e. The summed E-state index contributed by atoms with van der Waals surface area (Å²) in [6, 6.07) is 5.09. The second-order valence-electron chi connectivity index (χ2n) is 3.53. The molecule has 0 aromatic heterocycles. The Morgan fingerprint density at radius 1 is 1.28 bits per heavy atom. The van der Waals surface area contributed by atoms with Crippen molar-refractivity contribution in [3.8, 4) is 11.5 Å². The zero-order valence-corrected chi connectivity index (χ0v) is 10.2. The van der Waals surface area contributed by atoms with E-state index in [1.807, 2.05) is 0 Å². The van der Waals surface area contributed by atoms with Crippen molar-refractivity contribution in [1.82, 2.24) is 5.32 Å². The Balaban J connectivity index is 2.75. The maximum absolute atomic E-state index is 11.5. The molecule has 1 rings (SSSR count). The Hall–Kier alpha value is -2.24. The standard InChI is InChI=1S/C12H15NO5/c1-17-9-3-4-10(18-2)8(5-9)6-11(14)13-7-12(15)16/h3-5H,6-7H2,1-2H3,(H,13,14)(H,15,16). The van der Waals surface area contributed by atoms with Gasteiger partial charge in [0.1, 0.15) is 18.0 Å². The summed E-state index contributed by atoms with van der Waals surface area (Å²) in [5.41, 5.74) is 0.639. The number of methoxy groups -OCH3 is 2. The molecule has 0 bridgehead atoms. The molecule has 18 heavy (non-hydrogen) atoms. The number of amides is 1. The SMILES string of the molecule is COc1ccc(OC)c(CC(=O)NCC(=O)O)c1. The molecule has 0 saturated heterocycles. The Morgan fingerprint density at radius 3 is 2.56 bits per heavy atom. The van der Waals surface area contributed by atoms with Gasteiger partial charge in [0.05, 0.1) is 20.6 Å². The van der Waals surface area contributed by atoms with Gasteiger partial charge >= 0.3 is 5.97 Å². The normalized spacial score (nSPS) is 9.67. The molecule has 1 aromatic carbocycles. The number of rotatable bonds is 6. The van der Waals surface area contributed by atoms with Gasteiger partial charge in [-0.2, -0.15) is 0 Å². The summed E-state index contributed by atoms with van der Waals surface area (Å²) in [4.78, 5) is 21.8. The summed E-state index contributed by atoms with van der Waals surface area (Å²) in [7, 11) is 3.02. The predicted octanol–water partition coefficient (Wildman–Crippen LogP) is 0.447. The average molecular weight is 253 g/mol. The molecule has 0 spiro atoms. The number of carbonyl (C=O) groups excluding carboxylic acids is 1. The number of carboxylic acids is 1. The molecule has 0 aliphatic carbocycles. The van der Waals surface area contributed by atoms with Crippen molar-refractivity contribution in [1.29, 1.82) is 0 Å². The molecule has 0 aliphatic rings. The molecule has 0 heterocycles. The molecule has 1 amide bonds. The maximum Gasteiger partial charge on any atom is 0.322 e. The van der Waals surface area contributed by atoms with Crippen LogP contribution in [0.1, 0.15) is 5.56 Å². The quantitative estimate of drug-likeness (QED) is 0.768. The first-order chi connectivity index (χ1) is 8.56. The largest absolute Gasteiger partial charge is 0.497 e. The molecule has 0 saturated carbocycles. The molecule has 6 nitrogen and oxygen atoms in total. The number of hydrogen-bond acceptors (Lipinski definition) is 4. The summed E-state index contributed by atoms with van der Waals surface area (Å²) in [6.07, 6.45) is 0.0354. The first kappa shape index (κ1) is 13.8. The highest BCUT2D eigenvalue weighted by molar-refractivity contribution is 5.83. The summed E-state index contributed by atoms with van der Waals surface area (Å²) in [6.45, 7) is -0.398. The van der Waals surface area contributed by atoms with Crippen LogP contribution in [0.2, 0.25) is 0 Å². The van der Waals surface area contributed by atoms with E-state index < -0.39 is 12.5 Å². The number of hydrogen-bond donors (Lipinski definition) is 2. The summed E-state index contributed by atoms with van der Waals surface area (Å²) < 4.78 is 10.2. The van der Waals surface area contributed by atoms with Crippen LogP contribution < -0.4 is 14.8 Å². The van der Waals surface area contributed by atoms with Crippen LogP contribution in [0.5, 0.6) is 11.5 Å². The molecule has 6 heteroatoms. The number of nitrogens with one attached hydrogen (secondary N) is 1. The minimum Gasteiger partial charge on any atom is -0.497 e. The number of carbonyl (C=O) groups is 2. The lowest BCUT2D eigenvalue weighted by atomic mass is 10.1. The van der Waals surface area contributed by atoms with E-state index in [-0.39, 0.29) is 12.3 Å². The monoisotopic (exact) mass is 253 g/mol. The molecule has 2 N–H and O–H groups in total. The fourth-order valence-corrected chi connectivity index (χ4v) is 1.43. The summed E-state index contributed by atoms with van der Waals surface area (Å²) >= 11 is 0. The predicted molar refractivity (Wildman–Crippen MR) is 63.9 cm³/mol. The Kier molecular flexibility index (Phi) is 4.98. The van der Waals surface area contributed by atoms with Gasteiger partial charge in [-0.15, -0.1) is 0 Å². The molecule has 1 aromatic rings. The van der Waals surface area contributed by atoms with Gasteiger partial charge in [0.2, 0.25) is 5.91 Å². The van der Waals surface area contributed by atoms with E-state index in [1.165, 1.54) is 14.2 Å². The zero-order valence-electron chi connectivity index (χ0n) is 10.2. The van der Waals surface area contributed by atoms with Gasteiger partial charge in [0, 0.05) is 5.56 Å². The molecule has 0 unspecified atom stereocenters. The van der Waals surface area contributed by atoms with Crippen LogP contribution in [-0.4, -0.2) is 37.7 Å². The van der Waals surface area contributed by atoms with Crippen molar-refractivity contribution in [2.45, 2.75) is 6.42 Å². The van der Waals surface area contributed by atoms with Gasteiger partial charge in [-0.25, -0.2) is 0 Å². The lowest BCUT2D eigenvalue weighted by Gasteiger charge is -2.10. The third kappa shape index (κ3) is 3.97. The van der Waals surface area contributed by atoms with Gasteiger partial charge in [0.15, 0.2) is 0 Å². The van der Waals surface area contributed by atoms with E-state index >= 15 is 0 Å². The van der Waals surface area contributed by atoms with Gasteiger partial charge in [0.25, 0.3) is 0 Å². The minimum absolute atomic E-state index is 0.0354. The second-order valence-corrected chi connectivity index (χ2v) is 3.53. The highest BCUT2D eigenvalue weighted by Gasteiger charge is 2.10. The Morgan fingerprint density at radius 2 is 2.00 bits per heavy atom. The van der Waals surface area contributed by atoms with Crippen LogP contribution >= 0.6 is 0 Å². The summed E-state index contributed by atoms with van der Waals surface area (Å²) in [5, 5.41) is 10.7. The maximum atomic E-state index is 11.5. The van der Waals surface area contributed by atoms with Gasteiger partial charge in [-0.05, 0) is 18.2 Å².